The van der Waals surface area contributed by atoms with Crippen LogP contribution in [0.15, 0.2) is 31.9 Å². The van der Waals surface area contributed by atoms with Gasteiger partial charge in [0, 0.05) is 25.1 Å². The number of nitrogens with zero attached hydrogens (tertiary/aromatic N) is 2. The zero-order chi connectivity index (χ0) is 15.0. The number of aryl methyl sites for hydroxylation is 1. The van der Waals surface area contributed by atoms with E-state index in [4.69, 9.17) is 9.68 Å². The Morgan fingerprint density at radius 3 is 2.71 bits per heavy atom. The Bertz CT molecular complexity index is 783. The van der Waals surface area contributed by atoms with Crippen molar-refractivity contribution in [1.29, 1.82) is 5.26 Å². The summed E-state index contributed by atoms with van der Waals surface area (Å²) in [5, 5.41) is 9.54. The number of halogens is 1. The Kier molecular flexibility index (Phi) is 3.73. The van der Waals surface area contributed by atoms with Crippen LogP contribution in [0, 0.1) is 24.2 Å². The Hall–Kier alpha value is -1.80. The third-order valence-electron chi connectivity index (χ3n) is 3.90. The van der Waals surface area contributed by atoms with E-state index in [-0.39, 0.29) is 11.3 Å². The van der Waals surface area contributed by atoms with Crippen LogP contribution < -0.4 is 10.3 Å². The molecule has 5 heteroatoms. The van der Waals surface area contributed by atoms with Gasteiger partial charge >= 0.3 is 0 Å². The van der Waals surface area contributed by atoms with E-state index < -0.39 is 0 Å². The summed E-state index contributed by atoms with van der Waals surface area (Å²) < 4.78 is 6.73. The maximum atomic E-state index is 12.3. The van der Waals surface area contributed by atoms with Gasteiger partial charge in [-0.05, 0) is 53.4 Å². The number of hydrogen-bond acceptors (Lipinski definition) is 4. The van der Waals surface area contributed by atoms with Gasteiger partial charge in [0.1, 0.15) is 0 Å². The van der Waals surface area contributed by atoms with Crippen molar-refractivity contribution in [3.63, 3.8) is 0 Å². The number of rotatable bonds is 1. The van der Waals surface area contributed by atoms with Crippen molar-refractivity contribution in [3.05, 3.63) is 38.5 Å². The van der Waals surface area contributed by atoms with E-state index in [2.05, 4.69) is 22.0 Å². The molecule has 0 unspecified atom stereocenters. The highest BCUT2D eigenvalue weighted by Gasteiger charge is 2.21. The van der Waals surface area contributed by atoms with Crippen molar-refractivity contribution in [3.8, 4) is 6.07 Å². The SMILES string of the molecule is Cc1cc(Br)c2oc(N3CCC(C#N)CC3)cc(=O)c2c1. The minimum absolute atomic E-state index is 0.0296. The van der Waals surface area contributed by atoms with E-state index in [0.29, 0.717) is 16.9 Å². The number of piperidine rings is 1. The monoisotopic (exact) mass is 346 g/mol. The van der Waals surface area contributed by atoms with Crippen molar-refractivity contribution in [2.75, 3.05) is 18.0 Å². The van der Waals surface area contributed by atoms with Crippen molar-refractivity contribution in [2.45, 2.75) is 19.8 Å². The summed E-state index contributed by atoms with van der Waals surface area (Å²) in [5.74, 6) is 0.705. The smallest absolute Gasteiger partial charge is 0.200 e. The molecule has 0 N–H and O–H groups in total. The van der Waals surface area contributed by atoms with Crippen LogP contribution in [0.5, 0.6) is 0 Å². The van der Waals surface area contributed by atoms with Crippen LogP contribution in [0.1, 0.15) is 18.4 Å². The van der Waals surface area contributed by atoms with Gasteiger partial charge in [0.2, 0.25) is 0 Å². The highest BCUT2D eigenvalue weighted by Crippen LogP contribution is 2.29. The summed E-state index contributed by atoms with van der Waals surface area (Å²) in [7, 11) is 0. The lowest BCUT2D eigenvalue weighted by Crippen LogP contribution is -2.33. The van der Waals surface area contributed by atoms with Gasteiger partial charge in [0.25, 0.3) is 0 Å². The van der Waals surface area contributed by atoms with Crippen LogP contribution in [-0.2, 0) is 0 Å². The molecule has 21 heavy (non-hydrogen) atoms. The highest BCUT2D eigenvalue weighted by atomic mass is 79.9. The Morgan fingerprint density at radius 1 is 1.33 bits per heavy atom. The molecule has 0 atom stereocenters. The maximum absolute atomic E-state index is 12.3. The lowest BCUT2D eigenvalue weighted by Gasteiger charge is -2.29. The fourth-order valence-corrected chi connectivity index (χ4v) is 3.38. The van der Waals surface area contributed by atoms with Crippen molar-refractivity contribution in [2.24, 2.45) is 5.92 Å². The number of benzene rings is 1. The summed E-state index contributed by atoms with van der Waals surface area (Å²) in [6.07, 6.45) is 1.63. The second-order valence-electron chi connectivity index (χ2n) is 5.46. The summed E-state index contributed by atoms with van der Waals surface area (Å²) in [6, 6.07) is 7.65. The lowest BCUT2D eigenvalue weighted by molar-refractivity contribution is 0.457. The summed E-state index contributed by atoms with van der Waals surface area (Å²) in [4.78, 5) is 14.3. The van der Waals surface area contributed by atoms with Gasteiger partial charge < -0.3 is 9.32 Å². The molecular formula is C16H15BrN2O2. The molecule has 0 saturated carbocycles. The molecule has 0 aliphatic carbocycles. The molecule has 3 rings (SSSR count). The molecule has 1 aliphatic rings. The van der Waals surface area contributed by atoms with E-state index in [1.54, 1.807) is 6.07 Å². The van der Waals surface area contributed by atoms with Crippen LogP contribution in [0.2, 0.25) is 0 Å². The molecule has 4 nitrogen and oxygen atoms in total. The minimum atomic E-state index is -0.0296. The van der Waals surface area contributed by atoms with Crippen LogP contribution >= 0.6 is 15.9 Å². The van der Waals surface area contributed by atoms with Crippen LogP contribution in [-0.4, -0.2) is 13.1 Å². The molecule has 2 aromatic rings. The largest absolute Gasteiger partial charge is 0.439 e. The molecule has 0 radical (unpaired) electrons. The van der Waals surface area contributed by atoms with Crippen molar-refractivity contribution in [1.82, 2.24) is 0 Å². The highest BCUT2D eigenvalue weighted by molar-refractivity contribution is 9.10. The summed E-state index contributed by atoms with van der Waals surface area (Å²) in [6.45, 7) is 3.44. The van der Waals surface area contributed by atoms with E-state index in [1.807, 2.05) is 24.0 Å². The van der Waals surface area contributed by atoms with Crippen molar-refractivity contribution < 1.29 is 4.42 Å². The van der Waals surface area contributed by atoms with Gasteiger partial charge in [0.05, 0.1) is 15.9 Å². The number of nitriles is 1. The molecule has 1 aromatic carbocycles. The van der Waals surface area contributed by atoms with E-state index >= 15 is 0 Å². The first-order valence-corrected chi connectivity index (χ1v) is 7.76. The molecule has 1 aliphatic heterocycles. The Balaban J connectivity index is 2.02. The van der Waals surface area contributed by atoms with Gasteiger partial charge in [0.15, 0.2) is 16.9 Å². The lowest BCUT2D eigenvalue weighted by atomic mass is 9.99. The van der Waals surface area contributed by atoms with E-state index in [0.717, 1.165) is 36.0 Å². The first kappa shape index (κ1) is 14.2. The standard InChI is InChI=1S/C16H15BrN2O2/c1-10-6-12-14(20)8-15(21-16(12)13(17)7-10)19-4-2-11(9-18)3-5-19/h6-8,11H,2-5H2,1H3. The third-order valence-corrected chi connectivity index (χ3v) is 4.49. The van der Waals surface area contributed by atoms with Crippen LogP contribution in [0.3, 0.4) is 0 Å². The molecule has 1 fully saturated rings. The molecule has 108 valence electrons. The minimum Gasteiger partial charge on any atom is -0.439 e. The average molecular weight is 347 g/mol. The zero-order valence-corrected chi connectivity index (χ0v) is 13.3. The third kappa shape index (κ3) is 2.68. The summed E-state index contributed by atoms with van der Waals surface area (Å²) >= 11 is 3.47. The van der Waals surface area contributed by atoms with Gasteiger partial charge in [-0.3, -0.25) is 4.79 Å². The molecule has 2 heterocycles. The Morgan fingerprint density at radius 2 is 2.05 bits per heavy atom. The molecule has 0 amide bonds. The normalized spacial score (nSPS) is 16.1. The number of anilines is 1. The number of hydrogen-bond donors (Lipinski definition) is 0. The average Bonchev–Trinajstić information content (AvgIpc) is 2.48. The molecule has 0 bridgehead atoms. The maximum Gasteiger partial charge on any atom is 0.200 e. The predicted octanol–water partition coefficient (Wildman–Crippen LogP) is 3.60. The van der Waals surface area contributed by atoms with Gasteiger partial charge in [-0.2, -0.15) is 5.26 Å². The Labute approximate surface area is 131 Å². The fourth-order valence-electron chi connectivity index (χ4n) is 2.72. The predicted molar refractivity (Wildman–Crippen MR) is 85.5 cm³/mol. The molecule has 1 aromatic heterocycles. The quantitative estimate of drug-likeness (QED) is 0.791. The second kappa shape index (κ2) is 5.53. The molecular weight excluding hydrogens is 332 g/mol. The number of fused-ring (bicyclic) bond motifs is 1. The first-order chi connectivity index (χ1) is 10.1. The first-order valence-electron chi connectivity index (χ1n) is 6.97. The van der Waals surface area contributed by atoms with Crippen molar-refractivity contribution >= 4 is 32.8 Å². The van der Waals surface area contributed by atoms with Crippen LogP contribution in [0.4, 0.5) is 5.88 Å². The van der Waals surface area contributed by atoms with E-state index in [9.17, 15) is 4.79 Å². The molecule has 0 spiro atoms. The van der Waals surface area contributed by atoms with Gasteiger partial charge in [-0.15, -0.1) is 0 Å². The van der Waals surface area contributed by atoms with Gasteiger partial charge in [-0.1, -0.05) is 0 Å². The zero-order valence-electron chi connectivity index (χ0n) is 11.7. The second-order valence-corrected chi connectivity index (χ2v) is 6.32. The topological polar surface area (TPSA) is 57.2 Å². The summed E-state index contributed by atoms with van der Waals surface area (Å²) in [5.41, 5.74) is 1.58. The van der Waals surface area contributed by atoms with E-state index in [1.165, 1.54) is 0 Å². The molecule has 1 saturated heterocycles. The van der Waals surface area contributed by atoms with Gasteiger partial charge in [-0.25, -0.2) is 0 Å². The van der Waals surface area contributed by atoms with Crippen LogP contribution in [0.25, 0.3) is 11.0 Å². The fraction of sp³-hybridized carbons (Fsp3) is 0.375.